The van der Waals surface area contributed by atoms with Crippen LogP contribution in [0.2, 0.25) is 10.0 Å². The van der Waals surface area contributed by atoms with Crippen LogP contribution in [0.1, 0.15) is 16.6 Å². The third-order valence-corrected chi connectivity index (χ3v) is 4.92. The molecule has 2 aromatic heterocycles. The van der Waals surface area contributed by atoms with E-state index in [-0.39, 0.29) is 10.8 Å². The Morgan fingerprint density at radius 3 is 2.72 bits per heavy atom. The van der Waals surface area contributed by atoms with E-state index < -0.39 is 18.0 Å². The lowest BCUT2D eigenvalue weighted by Crippen LogP contribution is -2.30. The quantitative estimate of drug-likeness (QED) is 0.646. The van der Waals surface area contributed by atoms with Crippen molar-refractivity contribution >= 4 is 62.3 Å². The number of nitrogens with one attached hydrogen (secondary N) is 1. The molecule has 0 saturated carbocycles. The van der Waals surface area contributed by atoms with Gasteiger partial charge in [0, 0.05) is 10.9 Å². The van der Waals surface area contributed by atoms with Crippen LogP contribution in [0.15, 0.2) is 42.6 Å². The van der Waals surface area contributed by atoms with Gasteiger partial charge in [-0.1, -0.05) is 41.4 Å². The number of hydrogen-bond acceptors (Lipinski definition) is 5. The number of pyridine rings is 1. The van der Waals surface area contributed by atoms with E-state index in [4.69, 9.17) is 27.9 Å². The first-order valence-corrected chi connectivity index (χ1v) is 8.83. The van der Waals surface area contributed by atoms with Crippen molar-refractivity contribution in [2.24, 2.45) is 0 Å². The molecular formula is C17H12Cl2N2O3S. The normalized spacial score (nSPS) is 12.0. The van der Waals surface area contributed by atoms with E-state index in [1.54, 1.807) is 6.07 Å². The zero-order valence-electron chi connectivity index (χ0n) is 13.0. The Kier molecular flexibility index (Phi) is 5.22. The van der Waals surface area contributed by atoms with Gasteiger partial charge in [-0.3, -0.25) is 4.79 Å². The number of ether oxygens (including phenoxy) is 1. The minimum Gasteiger partial charge on any atom is -0.448 e. The Morgan fingerprint density at radius 1 is 1.24 bits per heavy atom. The van der Waals surface area contributed by atoms with E-state index in [0.29, 0.717) is 9.90 Å². The molecule has 128 valence electrons. The number of amides is 1. The van der Waals surface area contributed by atoms with Gasteiger partial charge >= 0.3 is 5.97 Å². The number of fused-ring (bicyclic) bond motifs is 1. The Morgan fingerprint density at radius 2 is 2.00 bits per heavy atom. The second kappa shape index (κ2) is 7.39. The summed E-state index contributed by atoms with van der Waals surface area (Å²) in [6.07, 6.45) is 0.350. The van der Waals surface area contributed by atoms with Crippen LogP contribution in [0, 0.1) is 0 Å². The predicted octanol–water partition coefficient (Wildman–Crippen LogP) is 4.79. The van der Waals surface area contributed by atoms with Crippen LogP contribution in [-0.2, 0) is 9.53 Å². The fraction of sp³-hybridized carbons (Fsp3) is 0.118. The molecule has 8 heteroatoms. The first kappa shape index (κ1) is 17.7. The fourth-order valence-corrected chi connectivity index (χ4v) is 3.45. The van der Waals surface area contributed by atoms with E-state index in [2.05, 4.69) is 10.3 Å². The van der Waals surface area contributed by atoms with Crippen LogP contribution in [0.3, 0.4) is 0 Å². The largest absolute Gasteiger partial charge is 0.448 e. The topological polar surface area (TPSA) is 68.3 Å². The van der Waals surface area contributed by atoms with Gasteiger partial charge in [0.05, 0.1) is 10.0 Å². The SMILES string of the molecule is C[C@H](OC(=O)c1cc2ccccc2s1)C(=O)Nc1ncc(Cl)cc1Cl. The lowest BCUT2D eigenvalue weighted by atomic mass is 10.2. The number of halogens is 2. The summed E-state index contributed by atoms with van der Waals surface area (Å²) in [6.45, 7) is 1.48. The number of carbonyl (C=O) groups excluding carboxylic acids is 2. The van der Waals surface area contributed by atoms with Crippen molar-refractivity contribution in [2.45, 2.75) is 13.0 Å². The number of thiophene rings is 1. The molecule has 0 aliphatic heterocycles. The summed E-state index contributed by atoms with van der Waals surface area (Å²) in [7, 11) is 0. The van der Waals surface area contributed by atoms with Crippen LogP contribution in [0.25, 0.3) is 10.1 Å². The molecule has 0 fully saturated rings. The molecule has 1 aromatic carbocycles. The molecule has 3 rings (SSSR count). The summed E-state index contributed by atoms with van der Waals surface area (Å²) in [5.74, 6) is -0.939. The van der Waals surface area contributed by atoms with E-state index in [0.717, 1.165) is 10.1 Å². The molecule has 1 atom stereocenters. The van der Waals surface area contributed by atoms with E-state index in [1.165, 1.54) is 30.5 Å². The average molecular weight is 395 g/mol. The number of rotatable bonds is 4. The minimum atomic E-state index is -1.01. The second-order valence-electron chi connectivity index (χ2n) is 5.17. The third-order valence-electron chi connectivity index (χ3n) is 3.33. The highest BCUT2D eigenvalue weighted by Gasteiger charge is 2.21. The molecule has 0 unspecified atom stereocenters. The molecule has 0 aliphatic rings. The highest BCUT2D eigenvalue weighted by Crippen LogP contribution is 2.26. The van der Waals surface area contributed by atoms with Gasteiger partial charge in [-0.25, -0.2) is 9.78 Å². The molecule has 25 heavy (non-hydrogen) atoms. The summed E-state index contributed by atoms with van der Waals surface area (Å²) in [4.78, 5) is 28.8. The lowest BCUT2D eigenvalue weighted by molar-refractivity contribution is -0.123. The molecule has 0 bridgehead atoms. The van der Waals surface area contributed by atoms with Gasteiger partial charge < -0.3 is 10.1 Å². The number of anilines is 1. The Hall–Kier alpha value is -2.15. The van der Waals surface area contributed by atoms with Crippen molar-refractivity contribution in [2.75, 3.05) is 5.32 Å². The molecule has 0 radical (unpaired) electrons. The summed E-state index contributed by atoms with van der Waals surface area (Å²) in [6, 6.07) is 10.8. The third kappa shape index (κ3) is 4.10. The number of hydrogen-bond donors (Lipinski definition) is 1. The average Bonchev–Trinajstić information content (AvgIpc) is 3.01. The second-order valence-corrected chi connectivity index (χ2v) is 7.10. The molecule has 5 nitrogen and oxygen atoms in total. The van der Waals surface area contributed by atoms with Crippen LogP contribution in [0.5, 0.6) is 0 Å². The van der Waals surface area contributed by atoms with Crippen molar-refractivity contribution in [3.63, 3.8) is 0 Å². The maximum atomic E-state index is 12.2. The van der Waals surface area contributed by atoms with Crippen LogP contribution in [0.4, 0.5) is 5.82 Å². The standard InChI is InChI=1S/C17H12Cl2N2O3S/c1-9(16(22)21-15-12(19)7-11(18)8-20-15)24-17(23)14-6-10-4-2-3-5-13(10)25-14/h2-9H,1H3,(H,20,21,22)/t9-/m0/s1. The van der Waals surface area contributed by atoms with Crippen molar-refractivity contribution in [3.8, 4) is 0 Å². The van der Waals surface area contributed by atoms with Crippen LogP contribution in [-0.4, -0.2) is 23.0 Å². The minimum absolute atomic E-state index is 0.154. The van der Waals surface area contributed by atoms with E-state index >= 15 is 0 Å². The van der Waals surface area contributed by atoms with Crippen molar-refractivity contribution < 1.29 is 14.3 Å². The monoisotopic (exact) mass is 394 g/mol. The Balaban J connectivity index is 1.67. The van der Waals surface area contributed by atoms with Gasteiger partial charge in [0.2, 0.25) is 0 Å². The molecule has 1 N–H and O–H groups in total. The molecule has 0 spiro atoms. The molecule has 3 aromatic rings. The van der Waals surface area contributed by atoms with Crippen molar-refractivity contribution in [1.29, 1.82) is 0 Å². The van der Waals surface area contributed by atoms with Gasteiger partial charge in [-0.2, -0.15) is 0 Å². The summed E-state index contributed by atoms with van der Waals surface area (Å²) in [5.41, 5.74) is 0. The number of carbonyl (C=O) groups is 2. The van der Waals surface area contributed by atoms with Gasteiger partial charge in [0.25, 0.3) is 5.91 Å². The van der Waals surface area contributed by atoms with Crippen molar-refractivity contribution in [1.82, 2.24) is 4.98 Å². The van der Waals surface area contributed by atoms with Gasteiger partial charge in [-0.15, -0.1) is 11.3 Å². The maximum Gasteiger partial charge on any atom is 0.349 e. The highest BCUT2D eigenvalue weighted by atomic mass is 35.5. The first-order valence-electron chi connectivity index (χ1n) is 7.25. The van der Waals surface area contributed by atoms with Crippen LogP contribution >= 0.6 is 34.5 Å². The number of nitrogens with zero attached hydrogens (tertiary/aromatic N) is 1. The number of esters is 1. The summed E-state index contributed by atoms with van der Waals surface area (Å²) >= 11 is 13.0. The van der Waals surface area contributed by atoms with Crippen molar-refractivity contribution in [3.05, 3.63) is 57.5 Å². The predicted molar refractivity (Wildman–Crippen MR) is 99.6 cm³/mol. The molecule has 0 aliphatic carbocycles. The molecular weight excluding hydrogens is 383 g/mol. The van der Waals surface area contributed by atoms with Gasteiger partial charge in [-0.05, 0) is 30.5 Å². The highest BCUT2D eigenvalue weighted by molar-refractivity contribution is 7.20. The van der Waals surface area contributed by atoms with E-state index in [1.807, 2.05) is 24.3 Å². The molecule has 0 saturated heterocycles. The number of benzene rings is 1. The van der Waals surface area contributed by atoms with Gasteiger partial charge in [0.1, 0.15) is 4.88 Å². The Labute approximate surface area is 157 Å². The van der Waals surface area contributed by atoms with Gasteiger partial charge in [0.15, 0.2) is 11.9 Å². The summed E-state index contributed by atoms with van der Waals surface area (Å²) in [5, 5.41) is 4.01. The fourth-order valence-electron chi connectivity index (χ4n) is 2.08. The molecule has 1 amide bonds. The first-order chi connectivity index (χ1) is 11.9. The zero-order chi connectivity index (χ0) is 18.0. The summed E-state index contributed by atoms with van der Waals surface area (Å²) < 4.78 is 6.20. The maximum absolute atomic E-state index is 12.2. The smallest absolute Gasteiger partial charge is 0.349 e. The van der Waals surface area contributed by atoms with Crippen LogP contribution < -0.4 is 5.32 Å². The molecule has 2 heterocycles. The lowest BCUT2D eigenvalue weighted by Gasteiger charge is -2.13. The zero-order valence-corrected chi connectivity index (χ0v) is 15.3. The Bertz CT molecular complexity index is 925. The number of aromatic nitrogens is 1. The van der Waals surface area contributed by atoms with E-state index in [9.17, 15) is 9.59 Å².